The van der Waals surface area contributed by atoms with Crippen molar-refractivity contribution in [3.63, 3.8) is 0 Å². The van der Waals surface area contributed by atoms with Crippen LogP contribution in [0, 0.1) is 6.92 Å². The minimum atomic E-state index is -0.452. The quantitative estimate of drug-likeness (QED) is 0.351. The summed E-state index contributed by atoms with van der Waals surface area (Å²) in [5, 5.41) is 3.40. The van der Waals surface area contributed by atoms with Gasteiger partial charge in [-0.2, -0.15) is 0 Å². The molecular weight excluding hydrogens is 480 g/mol. The summed E-state index contributed by atoms with van der Waals surface area (Å²) in [6, 6.07) is 17.1. The van der Waals surface area contributed by atoms with E-state index in [1.54, 1.807) is 6.20 Å². The summed E-state index contributed by atoms with van der Waals surface area (Å²) in [5.74, 6) is 0.0491. The summed E-state index contributed by atoms with van der Waals surface area (Å²) in [5.41, 5.74) is 11.5. The molecule has 2 aromatic carbocycles. The molecule has 0 atom stereocenters. The average molecular weight is 513 g/mol. The third-order valence-corrected chi connectivity index (χ3v) is 8.79. The zero-order chi connectivity index (χ0) is 25.4. The molecule has 37 heavy (non-hydrogen) atoms. The zero-order valence-electron chi connectivity index (χ0n) is 21.1. The van der Waals surface area contributed by atoms with Gasteiger partial charge in [0.15, 0.2) is 0 Å². The molecule has 1 amide bonds. The molecule has 7 nitrogen and oxygen atoms in total. The molecule has 8 heteroatoms. The Morgan fingerprint density at radius 1 is 1.05 bits per heavy atom. The number of aromatic nitrogens is 2. The standard InChI is InChI=1S/C29H32N6OS/c1-19-17-22(35-15-11-21(12-16-35)34-13-5-6-14-34)9-10-23(19)32-29-31-18-24-26(33-29)25(27(37-24)28(30)36)20-7-3-2-4-8-20/h2-4,7-10,17-18,21H,5-6,11-16H2,1H3,(H2,30,36)(H,31,32,33). The van der Waals surface area contributed by atoms with E-state index in [4.69, 9.17) is 10.7 Å². The van der Waals surface area contributed by atoms with Gasteiger partial charge < -0.3 is 20.9 Å². The lowest BCUT2D eigenvalue weighted by Crippen LogP contribution is -2.43. The van der Waals surface area contributed by atoms with E-state index < -0.39 is 5.91 Å². The number of nitrogens with zero attached hydrogens (tertiary/aromatic N) is 4. The second kappa shape index (κ2) is 10.1. The van der Waals surface area contributed by atoms with Gasteiger partial charge in [0.1, 0.15) is 4.88 Å². The number of carbonyl (C=O) groups is 1. The third-order valence-electron chi connectivity index (χ3n) is 7.66. The summed E-state index contributed by atoms with van der Waals surface area (Å²) >= 11 is 1.33. The fourth-order valence-corrected chi connectivity index (χ4v) is 6.69. The number of likely N-dealkylation sites (tertiary alicyclic amines) is 1. The van der Waals surface area contributed by atoms with Gasteiger partial charge in [0, 0.05) is 36.1 Å². The number of hydrogen-bond acceptors (Lipinski definition) is 7. The lowest BCUT2D eigenvalue weighted by atomic mass is 10.0. The first kappa shape index (κ1) is 23.9. The fourth-order valence-electron chi connectivity index (χ4n) is 5.70. The van der Waals surface area contributed by atoms with E-state index in [1.165, 1.54) is 55.8 Å². The van der Waals surface area contributed by atoms with E-state index in [0.717, 1.165) is 51.7 Å². The first-order valence-corrected chi connectivity index (χ1v) is 13.9. The number of anilines is 3. The Kier molecular flexibility index (Phi) is 6.52. The number of amides is 1. The predicted octanol–water partition coefficient (Wildman–Crippen LogP) is 5.57. The minimum Gasteiger partial charge on any atom is -0.371 e. The first-order chi connectivity index (χ1) is 18.1. The summed E-state index contributed by atoms with van der Waals surface area (Å²) < 4.78 is 0.836. The van der Waals surface area contributed by atoms with Crippen LogP contribution in [0.2, 0.25) is 0 Å². The highest BCUT2D eigenvalue weighted by atomic mass is 32.1. The molecule has 3 N–H and O–H groups in total. The highest BCUT2D eigenvalue weighted by molar-refractivity contribution is 7.21. The van der Waals surface area contributed by atoms with E-state index in [1.807, 2.05) is 30.3 Å². The maximum Gasteiger partial charge on any atom is 0.259 e. The molecule has 2 aromatic heterocycles. The predicted molar refractivity (Wildman–Crippen MR) is 152 cm³/mol. The molecule has 2 aliphatic rings. The number of primary amides is 1. The SMILES string of the molecule is Cc1cc(N2CCC(N3CCCC3)CC2)ccc1Nc1ncc2sc(C(N)=O)c(-c3ccccc3)c2n1. The van der Waals surface area contributed by atoms with Crippen molar-refractivity contribution < 1.29 is 4.79 Å². The lowest BCUT2D eigenvalue weighted by Gasteiger charge is -2.38. The van der Waals surface area contributed by atoms with Crippen molar-refractivity contribution in [3.8, 4) is 11.1 Å². The number of nitrogens with two attached hydrogens (primary N) is 1. The Labute approximate surface area is 221 Å². The molecule has 0 unspecified atom stereocenters. The molecule has 2 fully saturated rings. The number of fused-ring (bicyclic) bond motifs is 1. The lowest BCUT2D eigenvalue weighted by molar-refractivity contribution is 0.100. The van der Waals surface area contributed by atoms with Crippen molar-refractivity contribution >= 4 is 44.8 Å². The van der Waals surface area contributed by atoms with Crippen molar-refractivity contribution in [2.75, 3.05) is 36.4 Å². The van der Waals surface area contributed by atoms with Crippen LogP contribution in [0.5, 0.6) is 0 Å². The molecule has 4 aromatic rings. The van der Waals surface area contributed by atoms with E-state index >= 15 is 0 Å². The number of nitrogens with one attached hydrogen (secondary N) is 1. The van der Waals surface area contributed by atoms with Gasteiger partial charge in [-0.15, -0.1) is 11.3 Å². The Morgan fingerprint density at radius 2 is 1.81 bits per heavy atom. The van der Waals surface area contributed by atoms with Gasteiger partial charge in [-0.25, -0.2) is 9.97 Å². The summed E-state index contributed by atoms with van der Waals surface area (Å²) in [7, 11) is 0. The van der Waals surface area contributed by atoms with E-state index in [2.05, 4.69) is 45.2 Å². The summed E-state index contributed by atoms with van der Waals surface area (Å²) in [6.45, 7) is 6.89. The first-order valence-electron chi connectivity index (χ1n) is 13.1. The van der Waals surface area contributed by atoms with Crippen molar-refractivity contribution in [2.45, 2.75) is 38.6 Å². The Balaban J connectivity index is 1.22. The number of thiophene rings is 1. The highest BCUT2D eigenvalue weighted by Crippen LogP contribution is 2.38. The molecule has 2 saturated heterocycles. The molecule has 6 rings (SSSR count). The van der Waals surface area contributed by atoms with Crippen LogP contribution in [0.25, 0.3) is 21.3 Å². The van der Waals surface area contributed by atoms with Gasteiger partial charge in [-0.05, 0) is 75.0 Å². The molecule has 0 saturated carbocycles. The van der Waals surface area contributed by atoms with Crippen LogP contribution < -0.4 is 16.0 Å². The monoisotopic (exact) mass is 512 g/mol. The molecule has 0 aliphatic carbocycles. The zero-order valence-corrected chi connectivity index (χ0v) is 21.9. The average Bonchev–Trinajstić information content (AvgIpc) is 3.59. The van der Waals surface area contributed by atoms with E-state index in [-0.39, 0.29) is 0 Å². The summed E-state index contributed by atoms with van der Waals surface area (Å²) in [4.78, 5) is 27.2. The number of hydrogen-bond donors (Lipinski definition) is 2. The summed E-state index contributed by atoms with van der Waals surface area (Å²) in [6.07, 6.45) is 6.96. The van der Waals surface area contributed by atoms with Crippen molar-refractivity contribution in [2.24, 2.45) is 5.73 Å². The Morgan fingerprint density at radius 3 is 2.51 bits per heavy atom. The van der Waals surface area contributed by atoms with Crippen LogP contribution in [0.15, 0.2) is 54.7 Å². The topological polar surface area (TPSA) is 87.4 Å². The van der Waals surface area contributed by atoms with Crippen LogP contribution >= 0.6 is 11.3 Å². The maximum absolute atomic E-state index is 12.2. The maximum atomic E-state index is 12.2. The largest absolute Gasteiger partial charge is 0.371 e. The Hall–Kier alpha value is -3.49. The van der Waals surface area contributed by atoms with Crippen LogP contribution in [0.4, 0.5) is 17.3 Å². The van der Waals surface area contributed by atoms with Gasteiger partial charge in [-0.1, -0.05) is 30.3 Å². The Bertz CT molecular complexity index is 1420. The van der Waals surface area contributed by atoms with Crippen LogP contribution in [0.3, 0.4) is 0 Å². The van der Waals surface area contributed by atoms with Gasteiger partial charge in [0.2, 0.25) is 5.95 Å². The minimum absolute atomic E-state index is 0.452. The van der Waals surface area contributed by atoms with Crippen molar-refractivity contribution in [1.29, 1.82) is 0 Å². The van der Waals surface area contributed by atoms with Gasteiger partial charge in [-0.3, -0.25) is 4.79 Å². The number of aryl methyl sites for hydroxylation is 1. The molecule has 0 spiro atoms. The fraction of sp³-hybridized carbons (Fsp3) is 0.345. The van der Waals surface area contributed by atoms with E-state index in [9.17, 15) is 4.79 Å². The molecule has 0 radical (unpaired) electrons. The van der Waals surface area contributed by atoms with Crippen molar-refractivity contribution in [1.82, 2.24) is 14.9 Å². The third kappa shape index (κ3) is 4.79. The molecular formula is C29H32N6OS. The molecule has 2 aliphatic heterocycles. The smallest absolute Gasteiger partial charge is 0.259 e. The number of piperidine rings is 1. The van der Waals surface area contributed by atoms with Crippen LogP contribution in [0.1, 0.15) is 40.9 Å². The molecule has 190 valence electrons. The number of rotatable bonds is 6. The number of benzene rings is 2. The van der Waals surface area contributed by atoms with Crippen LogP contribution in [-0.4, -0.2) is 53.0 Å². The second-order valence-electron chi connectivity index (χ2n) is 10.0. The van der Waals surface area contributed by atoms with Crippen LogP contribution in [-0.2, 0) is 0 Å². The molecule has 4 heterocycles. The molecule has 0 bridgehead atoms. The van der Waals surface area contributed by atoms with E-state index in [0.29, 0.717) is 10.8 Å². The van der Waals surface area contributed by atoms with Gasteiger partial charge >= 0.3 is 0 Å². The normalized spacial score (nSPS) is 16.9. The number of carbonyl (C=O) groups excluding carboxylic acids is 1. The van der Waals surface area contributed by atoms with Gasteiger partial charge in [0.25, 0.3) is 5.91 Å². The second-order valence-corrected chi connectivity index (χ2v) is 11.1. The van der Waals surface area contributed by atoms with Crippen molar-refractivity contribution in [3.05, 3.63) is 65.2 Å². The van der Waals surface area contributed by atoms with Gasteiger partial charge in [0.05, 0.1) is 16.4 Å². The highest BCUT2D eigenvalue weighted by Gasteiger charge is 2.26.